The van der Waals surface area contributed by atoms with Gasteiger partial charge in [0.15, 0.2) is 5.78 Å². The molecule has 2 aromatic carbocycles. The lowest BCUT2D eigenvalue weighted by atomic mass is 10.0. The second kappa shape index (κ2) is 6.92. The maximum Gasteiger partial charge on any atom is 0.293 e. The van der Waals surface area contributed by atoms with Crippen LogP contribution in [0, 0.1) is 10.1 Å². The molecule has 0 unspecified atom stereocenters. The third-order valence-corrected chi connectivity index (χ3v) is 5.26. The van der Waals surface area contributed by atoms with Gasteiger partial charge in [0.25, 0.3) is 5.69 Å². The molecule has 3 rings (SSSR count). The zero-order valence-corrected chi connectivity index (χ0v) is 13.7. The molecule has 1 heterocycles. The first-order valence-corrected chi connectivity index (χ1v) is 9.03. The van der Waals surface area contributed by atoms with Crippen LogP contribution in [-0.2, 0) is 10.8 Å². The third kappa shape index (κ3) is 3.35. The van der Waals surface area contributed by atoms with Crippen molar-refractivity contribution in [2.24, 2.45) is 0 Å². The molecule has 6 nitrogen and oxygen atoms in total. The molecule has 0 aliphatic carbocycles. The Morgan fingerprint density at radius 2 is 1.71 bits per heavy atom. The minimum Gasteiger partial charge on any atom is -0.364 e. The molecule has 0 radical (unpaired) electrons. The first kappa shape index (κ1) is 16.3. The predicted molar refractivity (Wildman–Crippen MR) is 93.1 cm³/mol. The Labute approximate surface area is 141 Å². The molecule has 0 saturated carbocycles. The standard InChI is InChI=1S/C17H16N2O4S/c20-17(13-4-2-1-3-5-13)14-6-7-15(16(12-14)19(21)22)18-8-10-24(23)11-9-18/h1-7,12H,8-11H2. The van der Waals surface area contributed by atoms with Crippen LogP contribution in [0.2, 0.25) is 0 Å². The second-order valence-electron chi connectivity index (χ2n) is 5.49. The largest absolute Gasteiger partial charge is 0.364 e. The van der Waals surface area contributed by atoms with E-state index in [2.05, 4.69) is 0 Å². The topological polar surface area (TPSA) is 80.5 Å². The number of hydrogen-bond acceptors (Lipinski definition) is 5. The van der Waals surface area contributed by atoms with Crippen molar-refractivity contribution in [2.45, 2.75) is 0 Å². The summed E-state index contributed by atoms with van der Waals surface area (Å²) < 4.78 is 11.5. The number of nitrogens with zero attached hydrogens (tertiary/aromatic N) is 2. The van der Waals surface area contributed by atoms with Gasteiger partial charge in [-0.25, -0.2) is 0 Å². The highest BCUT2D eigenvalue weighted by molar-refractivity contribution is 7.85. The van der Waals surface area contributed by atoms with E-state index in [1.54, 1.807) is 36.4 Å². The lowest BCUT2D eigenvalue weighted by molar-refractivity contribution is -0.384. The summed E-state index contributed by atoms with van der Waals surface area (Å²) in [6.07, 6.45) is 0. The molecule has 1 fully saturated rings. The van der Waals surface area contributed by atoms with Crippen LogP contribution in [0.25, 0.3) is 0 Å². The van der Waals surface area contributed by atoms with Gasteiger partial charge in [0.1, 0.15) is 5.69 Å². The van der Waals surface area contributed by atoms with Gasteiger partial charge in [-0.05, 0) is 12.1 Å². The molecule has 24 heavy (non-hydrogen) atoms. The Morgan fingerprint density at radius 3 is 2.33 bits per heavy atom. The van der Waals surface area contributed by atoms with E-state index >= 15 is 0 Å². The normalized spacial score (nSPS) is 15.2. The molecule has 7 heteroatoms. The van der Waals surface area contributed by atoms with Crippen molar-refractivity contribution < 1.29 is 13.9 Å². The van der Waals surface area contributed by atoms with Crippen molar-refractivity contribution in [3.05, 3.63) is 69.8 Å². The van der Waals surface area contributed by atoms with Gasteiger partial charge in [-0.2, -0.15) is 0 Å². The highest BCUT2D eigenvalue weighted by Gasteiger charge is 2.24. The maximum atomic E-state index is 12.5. The van der Waals surface area contributed by atoms with E-state index in [1.807, 2.05) is 11.0 Å². The molecule has 124 valence electrons. The van der Waals surface area contributed by atoms with Crippen LogP contribution in [0.1, 0.15) is 15.9 Å². The van der Waals surface area contributed by atoms with Gasteiger partial charge in [-0.3, -0.25) is 19.1 Å². The summed E-state index contributed by atoms with van der Waals surface area (Å²) >= 11 is 0. The lowest BCUT2D eigenvalue weighted by Gasteiger charge is -2.28. The molecular weight excluding hydrogens is 328 g/mol. The fourth-order valence-corrected chi connectivity index (χ4v) is 3.77. The SMILES string of the molecule is O=C(c1ccccc1)c1ccc(N2CCS(=O)CC2)c([N+](=O)[O-])c1. The minimum absolute atomic E-state index is 0.0931. The first-order chi connectivity index (χ1) is 11.6. The van der Waals surface area contributed by atoms with Crippen molar-refractivity contribution >= 4 is 28.0 Å². The molecule has 1 aliphatic heterocycles. The molecule has 0 bridgehead atoms. The van der Waals surface area contributed by atoms with Crippen molar-refractivity contribution in [1.29, 1.82) is 0 Å². The van der Waals surface area contributed by atoms with Gasteiger partial charge in [-0.15, -0.1) is 0 Å². The summed E-state index contributed by atoms with van der Waals surface area (Å²) in [5.74, 6) is 0.758. The van der Waals surface area contributed by atoms with E-state index in [0.29, 0.717) is 35.8 Å². The van der Waals surface area contributed by atoms with E-state index in [-0.39, 0.29) is 17.0 Å². The van der Waals surface area contributed by atoms with E-state index in [0.717, 1.165) is 0 Å². The first-order valence-electron chi connectivity index (χ1n) is 7.54. The Morgan fingerprint density at radius 1 is 1.04 bits per heavy atom. The summed E-state index contributed by atoms with van der Waals surface area (Å²) in [4.78, 5) is 25.3. The van der Waals surface area contributed by atoms with Crippen molar-refractivity contribution in [3.63, 3.8) is 0 Å². The smallest absolute Gasteiger partial charge is 0.293 e. The van der Waals surface area contributed by atoms with Gasteiger partial charge in [0.05, 0.1) is 4.92 Å². The fourth-order valence-electron chi connectivity index (χ4n) is 2.71. The Kier molecular flexibility index (Phi) is 4.71. The minimum atomic E-state index is -0.854. The summed E-state index contributed by atoms with van der Waals surface area (Å²) in [7, 11) is -0.854. The molecular formula is C17H16N2O4S. The monoisotopic (exact) mass is 344 g/mol. The van der Waals surface area contributed by atoms with Crippen LogP contribution in [0.15, 0.2) is 48.5 Å². The third-order valence-electron chi connectivity index (χ3n) is 3.99. The van der Waals surface area contributed by atoms with Gasteiger partial charge >= 0.3 is 0 Å². The van der Waals surface area contributed by atoms with Gasteiger partial charge in [0, 0.05) is 52.6 Å². The predicted octanol–water partition coefficient (Wildman–Crippen LogP) is 2.39. The number of nitro groups is 1. The quantitative estimate of drug-likeness (QED) is 0.483. The Balaban J connectivity index is 1.94. The van der Waals surface area contributed by atoms with Crippen LogP contribution >= 0.6 is 0 Å². The van der Waals surface area contributed by atoms with Crippen molar-refractivity contribution in [2.75, 3.05) is 29.5 Å². The molecule has 0 atom stereocenters. The Bertz CT molecular complexity index is 797. The van der Waals surface area contributed by atoms with Crippen molar-refractivity contribution in [1.82, 2.24) is 0 Å². The van der Waals surface area contributed by atoms with Crippen LogP contribution in [0.3, 0.4) is 0 Å². The summed E-state index contributed by atoms with van der Waals surface area (Å²) in [6.45, 7) is 1.03. The molecule has 1 saturated heterocycles. The van der Waals surface area contributed by atoms with Crippen LogP contribution in [0.5, 0.6) is 0 Å². The molecule has 0 amide bonds. The van der Waals surface area contributed by atoms with Gasteiger partial charge in [0.2, 0.25) is 0 Å². The maximum absolute atomic E-state index is 12.5. The number of hydrogen-bond donors (Lipinski definition) is 0. The lowest BCUT2D eigenvalue weighted by Crippen LogP contribution is -2.38. The zero-order chi connectivity index (χ0) is 17.1. The van der Waals surface area contributed by atoms with E-state index in [9.17, 15) is 19.1 Å². The molecule has 2 aromatic rings. The number of nitro benzene ring substituents is 1. The summed E-state index contributed by atoms with van der Waals surface area (Å²) in [5.41, 5.74) is 1.16. The average Bonchev–Trinajstić information content (AvgIpc) is 2.62. The molecule has 0 aromatic heterocycles. The van der Waals surface area contributed by atoms with E-state index < -0.39 is 15.7 Å². The number of carbonyl (C=O) groups excluding carboxylic acids is 1. The summed E-state index contributed by atoms with van der Waals surface area (Å²) in [5, 5.41) is 11.4. The second-order valence-corrected chi connectivity index (χ2v) is 7.19. The zero-order valence-electron chi connectivity index (χ0n) is 12.9. The van der Waals surface area contributed by atoms with E-state index in [4.69, 9.17) is 0 Å². The van der Waals surface area contributed by atoms with Crippen LogP contribution in [0.4, 0.5) is 11.4 Å². The van der Waals surface area contributed by atoms with Gasteiger partial charge < -0.3 is 4.90 Å². The number of anilines is 1. The number of carbonyl (C=O) groups is 1. The highest BCUT2D eigenvalue weighted by Crippen LogP contribution is 2.30. The molecule has 0 spiro atoms. The van der Waals surface area contributed by atoms with Crippen LogP contribution < -0.4 is 4.90 Å². The summed E-state index contributed by atoms with van der Waals surface area (Å²) in [6, 6.07) is 13.2. The van der Waals surface area contributed by atoms with Crippen molar-refractivity contribution in [3.8, 4) is 0 Å². The average molecular weight is 344 g/mol. The van der Waals surface area contributed by atoms with Gasteiger partial charge in [-0.1, -0.05) is 30.3 Å². The van der Waals surface area contributed by atoms with E-state index in [1.165, 1.54) is 6.07 Å². The fraction of sp³-hybridized carbons (Fsp3) is 0.235. The number of benzene rings is 2. The highest BCUT2D eigenvalue weighted by atomic mass is 32.2. The molecule has 1 aliphatic rings. The number of rotatable bonds is 4. The number of ketones is 1. The van der Waals surface area contributed by atoms with Crippen LogP contribution in [-0.4, -0.2) is 39.5 Å². The molecule has 0 N–H and O–H groups in total. The Hall–Kier alpha value is -2.54.